The highest BCUT2D eigenvalue weighted by atomic mass is 16.4. The van der Waals surface area contributed by atoms with Gasteiger partial charge >= 0.3 is 5.97 Å². The molecule has 0 heterocycles. The minimum absolute atomic E-state index is 0.173. The highest BCUT2D eigenvalue weighted by Gasteiger charge is 2.37. The van der Waals surface area contributed by atoms with Crippen LogP contribution in [0.15, 0.2) is 30.3 Å². The summed E-state index contributed by atoms with van der Waals surface area (Å²) in [7, 11) is 0. The lowest BCUT2D eigenvalue weighted by molar-refractivity contribution is -0.146. The van der Waals surface area contributed by atoms with Crippen LogP contribution < -0.4 is 0 Å². The fourth-order valence-corrected chi connectivity index (χ4v) is 3.58. The number of carboxylic acids is 1. The first kappa shape index (κ1) is 16.0. The second-order valence-electron chi connectivity index (χ2n) is 6.15. The molecule has 0 aliphatic heterocycles. The molecule has 3 unspecified atom stereocenters. The summed E-state index contributed by atoms with van der Waals surface area (Å²) in [5.74, 6) is -0.159. The number of aliphatic carboxylic acids is 1. The van der Waals surface area contributed by atoms with Crippen molar-refractivity contribution in [1.82, 2.24) is 4.90 Å². The topological polar surface area (TPSA) is 40.5 Å². The molecule has 0 amide bonds. The van der Waals surface area contributed by atoms with Gasteiger partial charge in [0.05, 0.1) is 5.92 Å². The molecular formula is C18H27NO2. The van der Waals surface area contributed by atoms with Crippen LogP contribution in [0.3, 0.4) is 0 Å². The van der Waals surface area contributed by atoms with Gasteiger partial charge in [-0.3, -0.25) is 9.69 Å². The zero-order valence-electron chi connectivity index (χ0n) is 13.2. The number of rotatable bonds is 6. The molecule has 1 fully saturated rings. The Morgan fingerprint density at radius 2 is 1.95 bits per heavy atom. The zero-order valence-corrected chi connectivity index (χ0v) is 13.2. The molecule has 0 saturated heterocycles. The fraction of sp³-hybridized carbons (Fsp3) is 0.611. The SMILES string of the molecule is CCC1CCC(C(=O)O)C(N(CC)Cc2ccccc2)C1. The van der Waals surface area contributed by atoms with E-state index in [-0.39, 0.29) is 12.0 Å². The van der Waals surface area contributed by atoms with E-state index in [9.17, 15) is 9.90 Å². The average molecular weight is 289 g/mol. The normalized spacial score (nSPS) is 26.0. The van der Waals surface area contributed by atoms with E-state index in [0.717, 1.165) is 38.8 Å². The molecule has 0 spiro atoms. The maximum Gasteiger partial charge on any atom is 0.308 e. The number of hydrogen-bond donors (Lipinski definition) is 1. The number of benzene rings is 1. The van der Waals surface area contributed by atoms with Crippen molar-refractivity contribution >= 4 is 5.97 Å². The summed E-state index contributed by atoms with van der Waals surface area (Å²) in [5, 5.41) is 9.55. The van der Waals surface area contributed by atoms with E-state index in [4.69, 9.17) is 0 Å². The zero-order chi connectivity index (χ0) is 15.2. The van der Waals surface area contributed by atoms with Crippen LogP contribution in [0.2, 0.25) is 0 Å². The van der Waals surface area contributed by atoms with Crippen molar-refractivity contribution < 1.29 is 9.90 Å². The monoisotopic (exact) mass is 289 g/mol. The van der Waals surface area contributed by atoms with Gasteiger partial charge in [0.15, 0.2) is 0 Å². The molecule has 0 radical (unpaired) electrons. The first-order valence-electron chi connectivity index (χ1n) is 8.16. The number of nitrogens with zero attached hydrogens (tertiary/aromatic N) is 1. The summed E-state index contributed by atoms with van der Waals surface area (Å²) >= 11 is 0. The van der Waals surface area contributed by atoms with Gasteiger partial charge in [0.2, 0.25) is 0 Å². The molecule has 1 saturated carbocycles. The summed E-state index contributed by atoms with van der Waals surface area (Å²) < 4.78 is 0. The number of hydrogen-bond acceptors (Lipinski definition) is 2. The molecule has 1 aromatic carbocycles. The predicted octanol–water partition coefficient (Wildman–Crippen LogP) is 3.79. The van der Waals surface area contributed by atoms with Crippen LogP contribution in [0.5, 0.6) is 0 Å². The highest BCUT2D eigenvalue weighted by Crippen LogP contribution is 2.34. The van der Waals surface area contributed by atoms with Crippen molar-refractivity contribution in [2.24, 2.45) is 11.8 Å². The van der Waals surface area contributed by atoms with Crippen LogP contribution in [-0.2, 0) is 11.3 Å². The van der Waals surface area contributed by atoms with Crippen molar-refractivity contribution in [3.63, 3.8) is 0 Å². The Bertz CT molecular complexity index is 446. The second kappa shape index (κ2) is 7.60. The van der Waals surface area contributed by atoms with Crippen molar-refractivity contribution in [2.75, 3.05) is 6.54 Å². The standard InChI is InChI=1S/C18H27NO2/c1-3-14-10-11-16(18(20)21)17(12-14)19(4-2)13-15-8-6-5-7-9-15/h5-9,14,16-17H,3-4,10-13H2,1-2H3,(H,20,21). The highest BCUT2D eigenvalue weighted by molar-refractivity contribution is 5.71. The van der Waals surface area contributed by atoms with Crippen LogP contribution in [0.25, 0.3) is 0 Å². The number of carbonyl (C=O) groups is 1. The molecule has 116 valence electrons. The summed E-state index contributed by atoms with van der Waals surface area (Å²) in [5.41, 5.74) is 1.27. The Morgan fingerprint density at radius 1 is 1.24 bits per heavy atom. The van der Waals surface area contributed by atoms with E-state index in [1.54, 1.807) is 0 Å². The van der Waals surface area contributed by atoms with Gasteiger partial charge in [0.25, 0.3) is 0 Å². The lowest BCUT2D eigenvalue weighted by Gasteiger charge is -2.40. The molecule has 1 aromatic rings. The third kappa shape index (κ3) is 4.07. The van der Waals surface area contributed by atoms with E-state index in [1.165, 1.54) is 5.56 Å². The van der Waals surface area contributed by atoms with Gasteiger partial charge in [-0.15, -0.1) is 0 Å². The summed E-state index contributed by atoms with van der Waals surface area (Å²) in [6.45, 7) is 6.11. The summed E-state index contributed by atoms with van der Waals surface area (Å²) in [6, 6.07) is 10.5. The largest absolute Gasteiger partial charge is 0.481 e. The lowest BCUT2D eigenvalue weighted by Crippen LogP contribution is -2.46. The smallest absolute Gasteiger partial charge is 0.308 e. The maximum atomic E-state index is 11.6. The molecule has 3 atom stereocenters. The van der Waals surface area contributed by atoms with Gasteiger partial charge in [0.1, 0.15) is 0 Å². The number of carboxylic acid groups (broad SMARTS) is 1. The second-order valence-corrected chi connectivity index (χ2v) is 6.15. The van der Waals surface area contributed by atoms with Gasteiger partial charge in [-0.1, -0.05) is 50.6 Å². The lowest BCUT2D eigenvalue weighted by atomic mass is 9.76. The molecule has 3 nitrogen and oxygen atoms in total. The van der Waals surface area contributed by atoms with Gasteiger partial charge in [-0.05, 0) is 37.3 Å². The van der Waals surface area contributed by atoms with Crippen molar-refractivity contribution in [1.29, 1.82) is 0 Å². The fourth-order valence-electron chi connectivity index (χ4n) is 3.58. The minimum atomic E-state index is -0.624. The molecule has 0 aromatic heterocycles. The van der Waals surface area contributed by atoms with Crippen molar-refractivity contribution in [3.05, 3.63) is 35.9 Å². The van der Waals surface area contributed by atoms with Gasteiger partial charge < -0.3 is 5.11 Å². The third-order valence-electron chi connectivity index (χ3n) is 4.92. The van der Waals surface area contributed by atoms with E-state index >= 15 is 0 Å². The average Bonchev–Trinajstić information content (AvgIpc) is 2.52. The molecule has 2 rings (SSSR count). The van der Waals surface area contributed by atoms with E-state index in [0.29, 0.717) is 5.92 Å². The minimum Gasteiger partial charge on any atom is -0.481 e. The Kier molecular flexibility index (Phi) is 5.80. The Labute approximate surface area is 128 Å². The first-order valence-corrected chi connectivity index (χ1v) is 8.16. The Morgan fingerprint density at radius 3 is 2.52 bits per heavy atom. The molecule has 0 bridgehead atoms. The summed E-state index contributed by atoms with van der Waals surface area (Å²) in [6.07, 6.45) is 4.07. The molecule has 21 heavy (non-hydrogen) atoms. The molecule has 1 N–H and O–H groups in total. The molecule has 1 aliphatic rings. The van der Waals surface area contributed by atoms with Gasteiger partial charge in [0, 0.05) is 12.6 Å². The van der Waals surface area contributed by atoms with Crippen LogP contribution >= 0.6 is 0 Å². The predicted molar refractivity (Wildman–Crippen MR) is 85.1 cm³/mol. The molecular weight excluding hydrogens is 262 g/mol. The van der Waals surface area contributed by atoms with Crippen LogP contribution in [0.4, 0.5) is 0 Å². The van der Waals surface area contributed by atoms with E-state index < -0.39 is 5.97 Å². The van der Waals surface area contributed by atoms with Crippen LogP contribution in [-0.4, -0.2) is 28.6 Å². The van der Waals surface area contributed by atoms with Gasteiger partial charge in [-0.2, -0.15) is 0 Å². The first-order chi connectivity index (χ1) is 10.2. The van der Waals surface area contributed by atoms with Crippen molar-refractivity contribution in [2.45, 2.75) is 52.1 Å². The van der Waals surface area contributed by atoms with Gasteiger partial charge in [-0.25, -0.2) is 0 Å². The van der Waals surface area contributed by atoms with Crippen LogP contribution in [0, 0.1) is 11.8 Å². The molecule has 1 aliphatic carbocycles. The Balaban J connectivity index is 2.13. The van der Waals surface area contributed by atoms with E-state index in [1.807, 2.05) is 18.2 Å². The summed E-state index contributed by atoms with van der Waals surface area (Å²) in [4.78, 5) is 14.0. The van der Waals surface area contributed by atoms with E-state index in [2.05, 4.69) is 30.9 Å². The Hall–Kier alpha value is -1.35. The van der Waals surface area contributed by atoms with Crippen LogP contribution in [0.1, 0.15) is 45.1 Å². The quantitative estimate of drug-likeness (QED) is 0.866. The maximum absolute atomic E-state index is 11.6. The third-order valence-corrected chi connectivity index (χ3v) is 4.92. The van der Waals surface area contributed by atoms with Crippen molar-refractivity contribution in [3.8, 4) is 0 Å². The molecule has 3 heteroatoms.